The maximum Gasteiger partial charge on any atom is 0.256 e. The van der Waals surface area contributed by atoms with Crippen LogP contribution in [0.2, 0.25) is 5.02 Å². The van der Waals surface area contributed by atoms with Crippen molar-refractivity contribution >= 4 is 23.2 Å². The molecule has 0 heterocycles. The van der Waals surface area contributed by atoms with Crippen molar-refractivity contribution in [3.63, 3.8) is 0 Å². The van der Waals surface area contributed by atoms with E-state index in [1.165, 1.54) is 0 Å². The van der Waals surface area contributed by atoms with Crippen molar-refractivity contribution in [2.24, 2.45) is 5.92 Å². The lowest BCUT2D eigenvalue weighted by Gasteiger charge is -2.28. The third kappa shape index (κ3) is 4.61. The second kappa shape index (κ2) is 8.02. The fourth-order valence-electron chi connectivity index (χ4n) is 2.48. The van der Waals surface area contributed by atoms with E-state index in [4.69, 9.17) is 21.1 Å². The second-order valence-corrected chi connectivity index (χ2v) is 6.58. The third-order valence-electron chi connectivity index (χ3n) is 4.06. The van der Waals surface area contributed by atoms with Crippen molar-refractivity contribution in [3.05, 3.63) is 23.2 Å². The molecule has 1 aliphatic carbocycles. The van der Waals surface area contributed by atoms with E-state index in [1.807, 2.05) is 26.8 Å². The van der Waals surface area contributed by atoms with Gasteiger partial charge in [0.2, 0.25) is 0 Å². The van der Waals surface area contributed by atoms with Crippen molar-refractivity contribution in [2.45, 2.75) is 52.1 Å². The van der Waals surface area contributed by atoms with Gasteiger partial charge >= 0.3 is 0 Å². The topological polar surface area (TPSA) is 47.6 Å². The summed E-state index contributed by atoms with van der Waals surface area (Å²) >= 11 is 6.21. The van der Waals surface area contributed by atoms with Crippen LogP contribution in [0.25, 0.3) is 0 Å². The molecule has 1 aliphatic rings. The number of carbonyl (C=O) groups is 1. The van der Waals surface area contributed by atoms with Gasteiger partial charge in [0.25, 0.3) is 5.91 Å². The number of benzene rings is 1. The van der Waals surface area contributed by atoms with Gasteiger partial charge in [0.05, 0.1) is 11.6 Å². The summed E-state index contributed by atoms with van der Waals surface area (Å²) in [6.45, 7) is 7.18. The number of rotatable bonds is 9. The molecule has 1 atom stereocenters. The largest absolute Gasteiger partial charge is 0.492 e. The molecule has 1 fully saturated rings. The van der Waals surface area contributed by atoms with Crippen molar-refractivity contribution in [1.29, 1.82) is 0 Å². The smallest absolute Gasteiger partial charge is 0.256 e. The predicted octanol–water partition coefficient (Wildman–Crippen LogP) is 4.66. The zero-order chi connectivity index (χ0) is 16.9. The molecule has 23 heavy (non-hydrogen) atoms. The zero-order valence-corrected chi connectivity index (χ0v) is 14.9. The Hall–Kier alpha value is -1.26. The molecular weight excluding hydrogens is 314 g/mol. The molecular formula is C18H26ClNO3. The first-order valence-corrected chi connectivity index (χ1v) is 8.76. The molecule has 0 unspecified atom stereocenters. The summed E-state index contributed by atoms with van der Waals surface area (Å²) in [5, 5.41) is 3.43. The maximum absolute atomic E-state index is 12.7. The lowest BCUT2D eigenvalue weighted by atomic mass is 9.98. The molecule has 1 amide bonds. The summed E-state index contributed by atoms with van der Waals surface area (Å²) < 4.78 is 11.4. The number of ether oxygens (including phenoxy) is 2. The van der Waals surface area contributed by atoms with Crippen LogP contribution in [0.1, 0.15) is 46.5 Å². The lowest BCUT2D eigenvalue weighted by molar-refractivity contribution is -0.142. The van der Waals surface area contributed by atoms with Crippen LogP contribution in [0.5, 0.6) is 5.75 Å². The molecule has 1 N–H and O–H groups in total. The highest BCUT2D eigenvalue weighted by atomic mass is 35.5. The molecule has 0 spiro atoms. The number of amides is 1. The summed E-state index contributed by atoms with van der Waals surface area (Å²) in [6, 6.07) is 5.31. The number of anilines is 1. The minimum Gasteiger partial charge on any atom is -0.492 e. The van der Waals surface area contributed by atoms with Gasteiger partial charge in [-0.2, -0.15) is 0 Å². The van der Waals surface area contributed by atoms with E-state index in [1.54, 1.807) is 12.1 Å². The highest BCUT2D eigenvalue weighted by Crippen LogP contribution is 2.42. The summed E-state index contributed by atoms with van der Waals surface area (Å²) in [5.41, 5.74) is -0.101. The second-order valence-electron chi connectivity index (χ2n) is 6.18. The van der Waals surface area contributed by atoms with Gasteiger partial charge in [-0.1, -0.05) is 25.4 Å². The first-order chi connectivity index (χ1) is 11.0. The molecule has 0 radical (unpaired) electrons. The minimum atomic E-state index is -0.764. The Morgan fingerprint density at radius 1 is 1.30 bits per heavy atom. The van der Waals surface area contributed by atoms with Crippen molar-refractivity contribution < 1.29 is 14.3 Å². The van der Waals surface area contributed by atoms with Gasteiger partial charge in [-0.05, 0) is 56.7 Å². The highest BCUT2D eigenvalue weighted by molar-refractivity contribution is 6.32. The Morgan fingerprint density at radius 3 is 2.57 bits per heavy atom. The molecule has 128 valence electrons. The van der Waals surface area contributed by atoms with Gasteiger partial charge < -0.3 is 14.8 Å². The predicted molar refractivity (Wildman–Crippen MR) is 93.2 cm³/mol. The van der Waals surface area contributed by atoms with E-state index in [9.17, 15) is 4.79 Å². The summed E-state index contributed by atoms with van der Waals surface area (Å²) in [7, 11) is 0. The maximum atomic E-state index is 12.7. The number of hydrogen-bond donors (Lipinski definition) is 1. The average molecular weight is 340 g/mol. The number of carbonyl (C=O) groups excluding carboxylic acids is 1. The lowest BCUT2D eigenvalue weighted by Crippen LogP contribution is -2.45. The highest BCUT2D eigenvalue weighted by Gasteiger charge is 2.48. The molecule has 1 aromatic rings. The summed E-state index contributed by atoms with van der Waals surface area (Å²) in [4.78, 5) is 12.7. The molecule has 0 aromatic heterocycles. The van der Waals surface area contributed by atoms with Gasteiger partial charge in [0, 0.05) is 12.3 Å². The Bertz CT molecular complexity index is 545. The fraction of sp³-hybridized carbons (Fsp3) is 0.611. The van der Waals surface area contributed by atoms with Crippen LogP contribution in [0.15, 0.2) is 18.2 Å². The molecule has 1 saturated carbocycles. The van der Waals surface area contributed by atoms with Crippen LogP contribution >= 0.6 is 11.6 Å². The van der Waals surface area contributed by atoms with E-state index in [0.717, 1.165) is 25.7 Å². The fourth-order valence-corrected chi connectivity index (χ4v) is 2.72. The van der Waals surface area contributed by atoms with Gasteiger partial charge in [0.15, 0.2) is 0 Å². The quantitative estimate of drug-likeness (QED) is 0.711. The van der Waals surface area contributed by atoms with Crippen LogP contribution in [-0.2, 0) is 9.53 Å². The number of hydrogen-bond acceptors (Lipinski definition) is 3. The van der Waals surface area contributed by atoms with Crippen LogP contribution < -0.4 is 10.1 Å². The van der Waals surface area contributed by atoms with Crippen LogP contribution in [0.3, 0.4) is 0 Å². The molecule has 0 bridgehead atoms. The molecule has 1 aromatic carbocycles. The molecule has 0 saturated heterocycles. The van der Waals surface area contributed by atoms with E-state index in [2.05, 4.69) is 5.32 Å². The monoisotopic (exact) mass is 339 g/mol. The Morgan fingerprint density at radius 2 is 2.00 bits per heavy atom. The average Bonchev–Trinajstić information content (AvgIpc) is 3.37. The van der Waals surface area contributed by atoms with Gasteiger partial charge in [-0.15, -0.1) is 0 Å². The van der Waals surface area contributed by atoms with E-state index in [-0.39, 0.29) is 5.91 Å². The summed E-state index contributed by atoms with van der Waals surface area (Å²) in [6.07, 6.45) is 3.89. The van der Waals surface area contributed by atoms with Gasteiger partial charge in [-0.25, -0.2) is 0 Å². The van der Waals surface area contributed by atoms with E-state index in [0.29, 0.717) is 35.6 Å². The molecule has 2 rings (SSSR count). The number of nitrogens with one attached hydrogen (secondary N) is 1. The normalized spacial score (nSPS) is 16.7. The Labute approximate surface area is 143 Å². The minimum absolute atomic E-state index is 0.105. The summed E-state index contributed by atoms with van der Waals surface area (Å²) in [5.74, 6) is 0.835. The first kappa shape index (κ1) is 18.1. The van der Waals surface area contributed by atoms with Gasteiger partial charge in [-0.3, -0.25) is 4.79 Å². The van der Waals surface area contributed by atoms with E-state index >= 15 is 0 Å². The van der Waals surface area contributed by atoms with Crippen LogP contribution in [0.4, 0.5) is 5.69 Å². The van der Waals surface area contributed by atoms with Crippen molar-refractivity contribution in [2.75, 3.05) is 18.5 Å². The van der Waals surface area contributed by atoms with Gasteiger partial charge in [0.1, 0.15) is 11.4 Å². The third-order valence-corrected chi connectivity index (χ3v) is 4.36. The Balaban J connectivity index is 2.05. The van der Waals surface area contributed by atoms with E-state index < -0.39 is 5.60 Å². The molecule has 0 aliphatic heterocycles. The van der Waals surface area contributed by atoms with Crippen molar-refractivity contribution in [3.8, 4) is 5.75 Å². The Kier molecular flexibility index (Phi) is 6.31. The zero-order valence-electron chi connectivity index (χ0n) is 14.2. The standard InChI is InChI=1S/C18H26ClNO3/c1-4-10-22-16-9-8-14(12-15(16)19)20-17(21)18(3,13-6-7-13)23-11-5-2/h8-9,12-13H,4-7,10-11H2,1-3H3,(H,20,21)/t18-/m1/s1. The number of halogens is 1. The van der Waals surface area contributed by atoms with Crippen molar-refractivity contribution in [1.82, 2.24) is 0 Å². The molecule has 5 heteroatoms. The van der Waals surface area contributed by atoms with Crippen LogP contribution in [-0.4, -0.2) is 24.7 Å². The van der Waals surface area contributed by atoms with Crippen LogP contribution in [0, 0.1) is 5.92 Å². The SMILES string of the molecule is CCCOc1ccc(NC(=O)[C@](C)(OCCC)C2CC2)cc1Cl. The molecule has 4 nitrogen and oxygen atoms in total. The first-order valence-electron chi connectivity index (χ1n) is 8.39.